The van der Waals surface area contributed by atoms with Crippen LogP contribution in [0.3, 0.4) is 0 Å². The minimum atomic E-state index is -0.510. The van der Waals surface area contributed by atoms with Crippen molar-refractivity contribution in [1.29, 1.82) is 0 Å². The molecule has 1 aromatic heterocycles. The molecule has 0 unspecified atom stereocenters. The van der Waals surface area contributed by atoms with Gasteiger partial charge >= 0.3 is 6.09 Å². The number of rotatable bonds is 14. The van der Waals surface area contributed by atoms with Gasteiger partial charge in [0.2, 0.25) is 18.2 Å². The van der Waals surface area contributed by atoms with E-state index in [9.17, 15) is 9.59 Å². The lowest BCUT2D eigenvalue weighted by atomic mass is 9.94. The van der Waals surface area contributed by atoms with E-state index in [1.807, 2.05) is 138 Å². The molecule has 5 rings (SSSR count). The Morgan fingerprint density at radius 2 is 1.42 bits per heavy atom. The number of nitrogens with zero attached hydrogens (tertiary/aromatic N) is 4. The van der Waals surface area contributed by atoms with Crippen molar-refractivity contribution in [3.8, 4) is 17.5 Å². The smallest absolute Gasteiger partial charge is 0.410 e. The molecule has 0 saturated carbocycles. The number of likely N-dealkylation sites (tertiary alicyclic amines) is 1. The molecule has 1 fully saturated rings. The van der Waals surface area contributed by atoms with Gasteiger partial charge in [0.1, 0.15) is 35.9 Å². The standard InChI is InChI=1S/C40H48N4O6.C2H6/c1-40(2,3)50-39(46)44-24-21-30(22-25-44)23-26-47-35-18-12-17-33(37(35)42(4)29-45)43(5)34-19-20-36(48-27-31-13-8-6-9-14-31)41-38(34)49-28-32-15-10-7-11-16-32;1-2/h6-20,29-30H,21-28H2,1-5H3;1-2H3. The van der Waals surface area contributed by atoms with Gasteiger partial charge in [-0.05, 0) is 75.3 Å². The van der Waals surface area contributed by atoms with Crippen molar-refractivity contribution in [2.45, 2.75) is 72.7 Å². The fraction of sp³-hybridized carbons (Fsp3) is 0.405. The number of anilines is 3. The van der Waals surface area contributed by atoms with Gasteiger partial charge in [0.15, 0.2) is 0 Å². The van der Waals surface area contributed by atoms with Crippen LogP contribution in [0.25, 0.3) is 0 Å². The monoisotopic (exact) mass is 710 g/mol. The van der Waals surface area contributed by atoms with Crippen LogP contribution in [0.2, 0.25) is 0 Å². The lowest BCUT2D eigenvalue weighted by molar-refractivity contribution is -0.107. The topological polar surface area (TPSA) is 93.7 Å². The van der Waals surface area contributed by atoms with E-state index in [4.69, 9.17) is 23.9 Å². The second-order valence-corrected chi connectivity index (χ2v) is 13.5. The van der Waals surface area contributed by atoms with Crippen LogP contribution in [-0.2, 0) is 22.7 Å². The molecule has 0 aliphatic carbocycles. The molecule has 0 atom stereocenters. The SMILES string of the molecule is CC.CN(C=O)c1c(OCCC2CCN(C(=O)OC(C)(C)C)CC2)cccc1N(C)c1ccc(OCc2ccccc2)nc1OCc1ccccc1. The second kappa shape index (κ2) is 19.4. The number of aromatic nitrogens is 1. The van der Waals surface area contributed by atoms with Crippen molar-refractivity contribution in [2.75, 3.05) is 43.6 Å². The summed E-state index contributed by atoms with van der Waals surface area (Å²) in [6.07, 6.45) is 3.12. The highest BCUT2D eigenvalue weighted by atomic mass is 16.6. The minimum Gasteiger partial charge on any atom is -0.491 e. The molecule has 0 N–H and O–H groups in total. The maximum absolute atomic E-state index is 12.5. The Labute approximate surface area is 309 Å². The number of carbonyl (C=O) groups excluding carboxylic acids is 2. The van der Waals surface area contributed by atoms with E-state index < -0.39 is 5.60 Å². The van der Waals surface area contributed by atoms with Crippen LogP contribution in [0.1, 0.15) is 65.0 Å². The van der Waals surface area contributed by atoms with Crippen LogP contribution >= 0.6 is 0 Å². The summed E-state index contributed by atoms with van der Waals surface area (Å²) >= 11 is 0. The lowest BCUT2D eigenvalue weighted by Crippen LogP contribution is -2.41. The van der Waals surface area contributed by atoms with E-state index in [0.29, 0.717) is 67.7 Å². The number of hydrogen-bond acceptors (Lipinski definition) is 8. The summed E-state index contributed by atoms with van der Waals surface area (Å²) in [5.41, 5.74) is 3.60. The van der Waals surface area contributed by atoms with Crippen molar-refractivity contribution in [2.24, 2.45) is 5.92 Å². The molecule has 1 aliphatic rings. The molecule has 278 valence electrons. The summed E-state index contributed by atoms with van der Waals surface area (Å²) in [6.45, 7) is 12.1. The number of piperidine rings is 1. The van der Waals surface area contributed by atoms with E-state index in [1.54, 1.807) is 11.9 Å². The van der Waals surface area contributed by atoms with Gasteiger partial charge in [0.05, 0.1) is 12.3 Å². The van der Waals surface area contributed by atoms with Crippen LogP contribution in [0.15, 0.2) is 91.0 Å². The highest BCUT2D eigenvalue weighted by Gasteiger charge is 2.27. The van der Waals surface area contributed by atoms with Gasteiger partial charge in [-0.15, -0.1) is 0 Å². The van der Waals surface area contributed by atoms with E-state index in [-0.39, 0.29) is 6.09 Å². The Balaban J connectivity index is 0.00000297. The third kappa shape index (κ3) is 11.4. The zero-order chi connectivity index (χ0) is 37.5. The summed E-state index contributed by atoms with van der Waals surface area (Å²) < 4.78 is 24.3. The van der Waals surface area contributed by atoms with Crippen LogP contribution in [0.5, 0.6) is 17.5 Å². The maximum Gasteiger partial charge on any atom is 0.410 e. The predicted octanol–water partition coefficient (Wildman–Crippen LogP) is 9.04. The van der Waals surface area contributed by atoms with Crippen LogP contribution in [0, 0.1) is 5.92 Å². The largest absolute Gasteiger partial charge is 0.491 e. The average Bonchev–Trinajstić information content (AvgIpc) is 3.17. The second-order valence-electron chi connectivity index (χ2n) is 13.5. The molecule has 2 heterocycles. The molecular formula is C42H54N4O6. The van der Waals surface area contributed by atoms with Crippen molar-refractivity contribution >= 4 is 29.6 Å². The van der Waals surface area contributed by atoms with E-state index in [0.717, 1.165) is 42.5 Å². The molecule has 0 bridgehead atoms. The number of benzene rings is 3. The Bertz CT molecular complexity index is 1690. The third-order valence-corrected chi connectivity index (χ3v) is 8.52. The van der Waals surface area contributed by atoms with Gasteiger partial charge < -0.3 is 33.6 Å². The summed E-state index contributed by atoms with van der Waals surface area (Å²) in [5.74, 6) is 1.85. The molecule has 10 heteroatoms. The first-order valence-corrected chi connectivity index (χ1v) is 18.1. The summed E-state index contributed by atoms with van der Waals surface area (Å²) in [6, 6.07) is 29.3. The Morgan fingerprint density at radius 3 is 2.02 bits per heavy atom. The van der Waals surface area contributed by atoms with Gasteiger partial charge in [-0.1, -0.05) is 80.6 Å². The fourth-order valence-electron chi connectivity index (χ4n) is 5.82. The number of amides is 2. The highest BCUT2D eigenvalue weighted by Crippen LogP contribution is 2.42. The number of ether oxygens (including phenoxy) is 4. The van der Waals surface area contributed by atoms with Gasteiger partial charge in [-0.25, -0.2) is 4.79 Å². The number of hydrogen-bond donors (Lipinski definition) is 0. The first kappa shape index (κ1) is 39.5. The zero-order valence-corrected chi connectivity index (χ0v) is 31.7. The molecule has 0 radical (unpaired) electrons. The Hall–Kier alpha value is -5.25. The van der Waals surface area contributed by atoms with E-state index in [2.05, 4.69) is 0 Å². The first-order chi connectivity index (χ1) is 25.1. The molecular weight excluding hydrogens is 656 g/mol. The maximum atomic E-state index is 12.5. The average molecular weight is 711 g/mol. The molecule has 3 aromatic carbocycles. The molecule has 1 aliphatic heterocycles. The van der Waals surface area contributed by atoms with Crippen molar-refractivity contribution in [3.05, 3.63) is 102 Å². The van der Waals surface area contributed by atoms with Crippen LogP contribution < -0.4 is 24.0 Å². The van der Waals surface area contributed by atoms with Gasteiger partial charge in [-0.3, -0.25) is 4.79 Å². The normalized spacial score (nSPS) is 12.9. The first-order valence-electron chi connectivity index (χ1n) is 18.1. The molecule has 0 spiro atoms. The quantitative estimate of drug-likeness (QED) is 0.120. The van der Waals surface area contributed by atoms with Gasteiger partial charge in [0, 0.05) is 33.3 Å². The molecule has 2 amide bonds. The van der Waals surface area contributed by atoms with Crippen LogP contribution in [0.4, 0.5) is 21.9 Å². The van der Waals surface area contributed by atoms with E-state index >= 15 is 0 Å². The molecule has 52 heavy (non-hydrogen) atoms. The summed E-state index contributed by atoms with van der Waals surface area (Å²) in [7, 11) is 3.63. The summed E-state index contributed by atoms with van der Waals surface area (Å²) in [5, 5.41) is 0. The number of carbonyl (C=O) groups is 2. The third-order valence-electron chi connectivity index (χ3n) is 8.52. The predicted molar refractivity (Wildman–Crippen MR) is 207 cm³/mol. The van der Waals surface area contributed by atoms with Crippen molar-refractivity contribution < 1.29 is 28.5 Å². The Kier molecular flexibility index (Phi) is 14.7. The Morgan fingerprint density at radius 1 is 0.808 bits per heavy atom. The molecule has 4 aromatic rings. The molecule has 1 saturated heterocycles. The fourth-order valence-corrected chi connectivity index (χ4v) is 5.82. The van der Waals surface area contributed by atoms with Gasteiger partial charge in [-0.2, -0.15) is 4.98 Å². The van der Waals surface area contributed by atoms with Gasteiger partial charge in [0.25, 0.3) is 0 Å². The molecule has 10 nitrogen and oxygen atoms in total. The zero-order valence-electron chi connectivity index (χ0n) is 31.7. The van der Waals surface area contributed by atoms with E-state index in [1.165, 1.54) is 4.90 Å². The highest BCUT2D eigenvalue weighted by molar-refractivity contribution is 5.90. The van der Waals surface area contributed by atoms with Crippen LogP contribution in [-0.4, -0.2) is 61.8 Å². The summed E-state index contributed by atoms with van der Waals surface area (Å²) in [4.78, 5) is 34.7. The van der Waals surface area contributed by atoms with Crippen molar-refractivity contribution in [3.63, 3.8) is 0 Å². The van der Waals surface area contributed by atoms with Crippen molar-refractivity contribution in [1.82, 2.24) is 9.88 Å². The number of pyridine rings is 1. The lowest BCUT2D eigenvalue weighted by Gasteiger charge is -2.33. The number of para-hydroxylation sites is 1. The minimum absolute atomic E-state index is 0.257.